The van der Waals surface area contributed by atoms with Gasteiger partial charge in [-0.1, -0.05) is 43.1 Å². The second kappa shape index (κ2) is 10.8. The van der Waals surface area contributed by atoms with E-state index < -0.39 is 34.1 Å². The van der Waals surface area contributed by atoms with Crippen molar-refractivity contribution < 1.29 is 36.6 Å². The standard InChI is InChI=1S/C25H24Cl2F4N4O4/c1-14(2)13-35(39-24(38)25(29,30)31)7-5-33(6-8-35)23(37)17-10-15(3-4-19(17)28)9-16-12-32-22(36)20-11-18(26)21(27)34(16)20/h3-4,10-12,14H,5-9,13H2,1-2H3/p+1. The van der Waals surface area contributed by atoms with Crippen LogP contribution >= 0.6 is 23.2 Å². The summed E-state index contributed by atoms with van der Waals surface area (Å²) < 4.78 is 54.3. The zero-order valence-corrected chi connectivity index (χ0v) is 22.5. The van der Waals surface area contributed by atoms with E-state index in [0.29, 0.717) is 11.3 Å². The van der Waals surface area contributed by atoms with E-state index in [1.807, 2.05) is 0 Å². The van der Waals surface area contributed by atoms with Crippen molar-refractivity contribution in [3.05, 3.63) is 73.6 Å². The Labute approximate surface area is 230 Å². The summed E-state index contributed by atoms with van der Waals surface area (Å²) in [7, 11) is 0. The van der Waals surface area contributed by atoms with E-state index in [1.165, 1.54) is 33.7 Å². The maximum absolute atomic E-state index is 14.8. The van der Waals surface area contributed by atoms with Crippen molar-refractivity contribution in [2.24, 2.45) is 5.92 Å². The minimum absolute atomic E-state index is 0.0433. The quantitative estimate of drug-likeness (QED) is 0.335. The number of quaternary nitrogens is 1. The van der Waals surface area contributed by atoms with Crippen LogP contribution in [-0.4, -0.2) is 69.7 Å². The summed E-state index contributed by atoms with van der Waals surface area (Å²) in [5.41, 5.74) is 0.673. The fraction of sp³-hybridized carbons (Fsp3) is 0.400. The van der Waals surface area contributed by atoms with Crippen LogP contribution in [0, 0.1) is 11.7 Å². The highest BCUT2D eigenvalue weighted by Crippen LogP contribution is 2.28. The Morgan fingerprint density at radius 2 is 1.82 bits per heavy atom. The fourth-order valence-corrected chi connectivity index (χ4v) is 5.23. The molecule has 1 fully saturated rings. The van der Waals surface area contributed by atoms with Gasteiger partial charge in [0.25, 0.3) is 11.5 Å². The topological polar surface area (TPSA) is 83.9 Å². The van der Waals surface area contributed by atoms with Crippen LogP contribution in [0.4, 0.5) is 17.6 Å². The number of nitrogens with one attached hydrogen (secondary N) is 1. The van der Waals surface area contributed by atoms with Crippen molar-refractivity contribution >= 4 is 40.6 Å². The second-order valence-electron chi connectivity index (χ2n) is 9.85. The first kappa shape index (κ1) is 28.9. The van der Waals surface area contributed by atoms with E-state index in [9.17, 15) is 31.9 Å². The van der Waals surface area contributed by atoms with Crippen molar-refractivity contribution in [3.8, 4) is 0 Å². The molecular formula is C25H25Cl2F4N4O4+. The summed E-state index contributed by atoms with van der Waals surface area (Å²) in [6, 6.07) is 5.43. The van der Waals surface area contributed by atoms with Crippen LogP contribution in [0.3, 0.4) is 0 Å². The van der Waals surface area contributed by atoms with Gasteiger partial charge in [0.1, 0.15) is 36.1 Å². The van der Waals surface area contributed by atoms with Crippen LogP contribution in [0.25, 0.3) is 5.52 Å². The highest BCUT2D eigenvalue weighted by atomic mass is 35.5. The van der Waals surface area contributed by atoms with E-state index in [1.54, 1.807) is 13.8 Å². The third kappa shape index (κ3) is 6.07. The lowest BCUT2D eigenvalue weighted by Crippen LogP contribution is -2.63. The number of hydrogen-bond donors (Lipinski definition) is 1. The van der Waals surface area contributed by atoms with Gasteiger partial charge in [0.2, 0.25) is 0 Å². The number of rotatable bonds is 6. The molecule has 1 aliphatic rings. The third-order valence-corrected chi connectivity index (χ3v) is 7.24. The molecule has 1 N–H and O–H groups in total. The Bertz CT molecular complexity index is 1480. The van der Waals surface area contributed by atoms with Gasteiger partial charge in [0, 0.05) is 24.2 Å². The Balaban J connectivity index is 1.55. The zero-order chi connectivity index (χ0) is 28.7. The van der Waals surface area contributed by atoms with Crippen molar-refractivity contribution in [3.63, 3.8) is 0 Å². The fourth-order valence-electron chi connectivity index (χ4n) is 4.78. The number of piperazine rings is 1. The largest absolute Gasteiger partial charge is 0.497 e. The van der Waals surface area contributed by atoms with Crippen LogP contribution in [0.2, 0.25) is 10.2 Å². The molecule has 0 atom stereocenters. The van der Waals surface area contributed by atoms with Gasteiger partial charge >= 0.3 is 12.1 Å². The molecule has 210 valence electrons. The number of carbonyl (C=O) groups excluding carboxylic acids is 2. The molecule has 1 saturated heterocycles. The van der Waals surface area contributed by atoms with Gasteiger partial charge in [-0.25, -0.2) is 9.18 Å². The van der Waals surface area contributed by atoms with E-state index in [4.69, 9.17) is 28.0 Å². The molecule has 8 nitrogen and oxygen atoms in total. The number of benzene rings is 1. The molecule has 1 aromatic carbocycles. The lowest BCUT2D eigenvalue weighted by molar-refractivity contribution is -1.09. The van der Waals surface area contributed by atoms with Crippen LogP contribution in [-0.2, 0) is 16.1 Å². The molecule has 14 heteroatoms. The van der Waals surface area contributed by atoms with Gasteiger partial charge in [-0.2, -0.15) is 13.2 Å². The van der Waals surface area contributed by atoms with E-state index in [2.05, 4.69) is 4.98 Å². The van der Waals surface area contributed by atoms with Crippen LogP contribution in [0.1, 0.15) is 35.5 Å². The highest BCUT2D eigenvalue weighted by molar-refractivity contribution is 6.42. The lowest BCUT2D eigenvalue weighted by atomic mass is 10.0. The molecule has 2 aromatic heterocycles. The molecule has 3 heterocycles. The molecule has 1 amide bonds. The van der Waals surface area contributed by atoms with Crippen LogP contribution in [0.15, 0.2) is 35.3 Å². The molecule has 4 rings (SSSR count). The summed E-state index contributed by atoms with van der Waals surface area (Å²) in [6.45, 7) is 3.46. The average molecular weight is 592 g/mol. The summed E-state index contributed by atoms with van der Waals surface area (Å²) in [4.78, 5) is 45.8. The minimum atomic E-state index is -5.15. The predicted molar refractivity (Wildman–Crippen MR) is 135 cm³/mol. The Kier molecular flexibility index (Phi) is 8.02. The molecule has 0 saturated carbocycles. The monoisotopic (exact) mass is 591 g/mol. The van der Waals surface area contributed by atoms with Gasteiger partial charge in [-0.15, -0.1) is 4.65 Å². The zero-order valence-electron chi connectivity index (χ0n) is 20.9. The number of aromatic amines is 1. The molecule has 3 aromatic rings. The van der Waals surface area contributed by atoms with Crippen LogP contribution in [0.5, 0.6) is 0 Å². The number of halogens is 6. The molecular weight excluding hydrogens is 567 g/mol. The molecule has 0 spiro atoms. The maximum atomic E-state index is 14.8. The van der Waals surface area contributed by atoms with Gasteiger partial charge in [0.15, 0.2) is 0 Å². The molecule has 1 aliphatic heterocycles. The maximum Gasteiger partial charge on any atom is 0.497 e. The summed E-state index contributed by atoms with van der Waals surface area (Å²) >= 11 is 12.3. The van der Waals surface area contributed by atoms with Gasteiger partial charge in [-0.05, 0) is 23.8 Å². The molecule has 39 heavy (non-hydrogen) atoms. The number of hydrogen-bond acceptors (Lipinski definition) is 4. The first-order valence-electron chi connectivity index (χ1n) is 12.0. The number of nitrogens with zero attached hydrogens (tertiary/aromatic N) is 3. The third-order valence-electron chi connectivity index (χ3n) is 6.48. The first-order valence-corrected chi connectivity index (χ1v) is 12.8. The average Bonchev–Trinajstić information content (AvgIpc) is 3.16. The first-order chi connectivity index (χ1) is 18.2. The lowest BCUT2D eigenvalue weighted by Gasteiger charge is -2.42. The van der Waals surface area contributed by atoms with Crippen molar-refractivity contribution in [2.75, 3.05) is 32.7 Å². The van der Waals surface area contributed by atoms with Crippen LogP contribution < -0.4 is 5.56 Å². The highest BCUT2D eigenvalue weighted by Gasteiger charge is 2.49. The second-order valence-corrected chi connectivity index (χ2v) is 10.6. The SMILES string of the molecule is CC(C)C[N+]1(OC(=O)C(F)(F)F)CCN(C(=O)c2cc(Cc3c[nH]c(=O)c4cc(Cl)c(Cl)n34)ccc2F)CC1. The van der Waals surface area contributed by atoms with E-state index in [0.717, 1.165) is 6.07 Å². The Morgan fingerprint density at radius 1 is 1.15 bits per heavy atom. The minimum Gasteiger partial charge on any atom is -0.327 e. The van der Waals surface area contributed by atoms with Crippen molar-refractivity contribution in [1.82, 2.24) is 14.3 Å². The number of aromatic nitrogens is 2. The van der Waals surface area contributed by atoms with Gasteiger partial charge < -0.3 is 9.88 Å². The number of H-pyrrole nitrogens is 1. The number of hydroxylamine groups is 3. The molecule has 0 bridgehead atoms. The van der Waals surface area contributed by atoms with Crippen molar-refractivity contribution in [1.29, 1.82) is 0 Å². The number of fused-ring (bicyclic) bond motifs is 1. The molecule has 0 unspecified atom stereocenters. The predicted octanol–water partition coefficient (Wildman–Crippen LogP) is 4.61. The Hall–Kier alpha value is -3.09. The van der Waals surface area contributed by atoms with Crippen molar-refractivity contribution in [2.45, 2.75) is 26.4 Å². The summed E-state index contributed by atoms with van der Waals surface area (Å²) in [5.74, 6) is -3.80. The van der Waals surface area contributed by atoms with Gasteiger partial charge in [0.05, 0.1) is 23.7 Å². The number of amides is 1. The van der Waals surface area contributed by atoms with E-state index in [-0.39, 0.29) is 66.3 Å². The molecule has 0 aliphatic carbocycles. The summed E-state index contributed by atoms with van der Waals surface area (Å²) in [5, 5.41) is 0.316. The smallest absolute Gasteiger partial charge is 0.327 e. The Morgan fingerprint density at radius 3 is 2.44 bits per heavy atom. The number of alkyl halides is 3. The van der Waals surface area contributed by atoms with Gasteiger partial charge in [-0.3, -0.25) is 18.8 Å². The molecule has 0 radical (unpaired) electrons. The number of carbonyl (C=O) groups is 2. The summed E-state index contributed by atoms with van der Waals surface area (Å²) in [6.07, 6.45) is -3.53. The van der Waals surface area contributed by atoms with E-state index >= 15 is 0 Å². The normalized spacial score (nSPS) is 15.7.